The highest BCUT2D eigenvalue weighted by atomic mass is 16.5. The molecule has 0 aromatic heterocycles. The Bertz CT molecular complexity index is 989. The number of aliphatic hydroxyl groups is 1. The van der Waals surface area contributed by atoms with Crippen LogP contribution in [0.5, 0.6) is 0 Å². The van der Waals surface area contributed by atoms with Gasteiger partial charge in [-0.25, -0.2) is 0 Å². The molecule has 0 saturated carbocycles. The molecule has 0 aromatic rings. The summed E-state index contributed by atoms with van der Waals surface area (Å²) in [4.78, 5) is 27.0. The number of ether oxygens (including phenoxy) is 3. The molecule has 390 valence electrons. The predicted octanol–water partition coefficient (Wildman–Crippen LogP) is 17.3. The van der Waals surface area contributed by atoms with Gasteiger partial charge in [0.05, 0.1) is 25.4 Å². The van der Waals surface area contributed by atoms with Gasteiger partial charge in [0.1, 0.15) is 0 Å². The number of allylic oxidation sites excluding steroid dienone is 4. The molecule has 0 aliphatic heterocycles. The van der Waals surface area contributed by atoms with Crippen molar-refractivity contribution in [1.29, 1.82) is 0 Å². The number of hydrogen-bond donors (Lipinski definition) is 1. The van der Waals surface area contributed by atoms with Crippen LogP contribution in [0.3, 0.4) is 0 Å². The Morgan fingerprint density at radius 3 is 1.12 bits per heavy atom. The van der Waals surface area contributed by atoms with E-state index >= 15 is 0 Å². The van der Waals surface area contributed by atoms with Crippen LogP contribution in [0.25, 0.3) is 0 Å². The summed E-state index contributed by atoms with van der Waals surface area (Å²) in [6.45, 7) is 14.5. The van der Waals surface area contributed by atoms with Gasteiger partial charge in [-0.05, 0) is 122 Å². The molecule has 0 aliphatic carbocycles. The molecule has 0 heterocycles. The number of esters is 2. The van der Waals surface area contributed by atoms with Crippen LogP contribution in [0, 0.1) is 0 Å². The van der Waals surface area contributed by atoms with Crippen molar-refractivity contribution in [1.82, 2.24) is 4.90 Å². The standard InChI is InChI=1S/C59H113NO6/c1-5-9-11-13-15-17-19-21-23-25-27-29-31-33-39-45-57(61)65-53-43-37-35-41-47-59(63,49-55-64-56-52-60(50-7-3)51-8-4)48-42-36-38-44-54-66-58(62)46-40-34-32-30-28-26-24-22-20-18-16-14-12-10-6-2/h21-24,63H,5-20,25-56H2,1-4H3/b23-21-,24-22-. The Balaban J connectivity index is 4.18. The van der Waals surface area contributed by atoms with Crippen molar-refractivity contribution in [3.8, 4) is 0 Å². The first-order chi connectivity index (χ1) is 32.4. The Morgan fingerprint density at radius 2 is 0.727 bits per heavy atom. The van der Waals surface area contributed by atoms with Crippen LogP contribution < -0.4 is 0 Å². The van der Waals surface area contributed by atoms with E-state index in [0.29, 0.717) is 45.7 Å². The van der Waals surface area contributed by atoms with Crippen molar-refractivity contribution in [2.45, 2.75) is 297 Å². The first kappa shape index (κ1) is 64.3. The van der Waals surface area contributed by atoms with Gasteiger partial charge in [-0.3, -0.25) is 9.59 Å². The third-order valence-electron chi connectivity index (χ3n) is 13.2. The van der Waals surface area contributed by atoms with Crippen molar-refractivity contribution >= 4 is 11.9 Å². The minimum atomic E-state index is -0.723. The zero-order valence-corrected chi connectivity index (χ0v) is 44.7. The Labute approximate surface area is 411 Å². The van der Waals surface area contributed by atoms with Gasteiger partial charge in [0.15, 0.2) is 0 Å². The highest BCUT2D eigenvalue weighted by molar-refractivity contribution is 5.69. The second-order valence-corrected chi connectivity index (χ2v) is 19.9. The van der Waals surface area contributed by atoms with Crippen molar-refractivity contribution in [2.24, 2.45) is 0 Å². The molecular formula is C59H113NO6. The molecule has 0 aromatic carbocycles. The molecule has 0 amide bonds. The zero-order chi connectivity index (χ0) is 48.1. The minimum Gasteiger partial charge on any atom is -0.466 e. The van der Waals surface area contributed by atoms with E-state index in [-0.39, 0.29) is 11.9 Å². The normalized spacial score (nSPS) is 12.1. The van der Waals surface area contributed by atoms with E-state index in [0.717, 1.165) is 122 Å². The highest BCUT2D eigenvalue weighted by Crippen LogP contribution is 2.27. The van der Waals surface area contributed by atoms with E-state index in [1.807, 2.05) is 0 Å². The molecule has 1 N–H and O–H groups in total. The SMILES string of the molecule is CCCCCCCC/C=C\CCCCCCCC(=O)OCCCCCCC(O)(CCCCCCOC(=O)CCCCCCC/C=C\CCCCCCCC)CCOCCN(CCC)CCC. The van der Waals surface area contributed by atoms with E-state index in [4.69, 9.17) is 14.2 Å². The van der Waals surface area contributed by atoms with Crippen LogP contribution in [-0.4, -0.2) is 73.6 Å². The molecule has 7 heteroatoms. The monoisotopic (exact) mass is 932 g/mol. The number of nitrogens with zero attached hydrogens (tertiary/aromatic N) is 1. The topological polar surface area (TPSA) is 85.3 Å². The van der Waals surface area contributed by atoms with Gasteiger partial charge in [0.25, 0.3) is 0 Å². The zero-order valence-electron chi connectivity index (χ0n) is 44.7. The second-order valence-electron chi connectivity index (χ2n) is 19.9. The third-order valence-corrected chi connectivity index (χ3v) is 13.2. The molecule has 0 unspecified atom stereocenters. The summed E-state index contributed by atoms with van der Waals surface area (Å²) in [6.07, 6.45) is 55.5. The van der Waals surface area contributed by atoms with Crippen LogP contribution in [-0.2, 0) is 23.8 Å². The molecule has 0 aliphatic rings. The minimum absolute atomic E-state index is 0.0542. The van der Waals surface area contributed by atoms with Crippen LogP contribution in [0.15, 0.2) is 24.3 Å². The summed E-state index contributed by atoms with van der Waals surface area (Å²) >= 11 is 0. The van der Waals surface area contributed by atoms with E-state index in [9.17, 15) is 14.7 Å². The molecule has 0 fully saturated rings. The van der Waals surface area contributed by atoms with E-state index in [2.05, 4.69) is 56.9 Å². The second kappa shape index (κ2) is 52.7. The molecule has 0 saturated heterocycles. The number of carbonyl (C=O) groups is 2. The lowest BCUT2D eigenvalue weighted by molar-refractivity contribution is -0.144. The molecule has 0 spiro atoms. The van der Waals surface area contributed by atoms with Crippen molar-refractivity contribution in [3.63, 3.8) is 0 Å². The quantitative estimate of drug-likeness (QED) is 0.0369. The average molecular weight is 933 g/mol. The molecule has 0 bridgehead atoms. The van der Waals surface area contributed by atoms with Crippen molar-refractivity contribution in [2.75, 3.05) is 46.1 Å². The summed E-state index contributed by atoms with van der Waals surface area (Å²) < 4.78 is 17.2. The van der Waals surface area contributed by atoms with Gasteiger partial charge in [0.2, 0.25) is 0 Å². The largest absolute Gasteiger partial charge is 0.466 e. The fourth-order valence-electron chi connectivity index (χ4n) is 8.92. The summed E-state index contributed by atoms with van der Waals surface area (Å²) in [5, 5.41) is 11.8. The van der Waals surface area contributed by atoms with Crippen molar-refractivity contribution in [3.05, 3.63) is 24.3 Å². The van der Waals surface area contributed by atoms with Gasteiger partial charge < -0.3 is 24.2 Å². The summed E-state index contributed by atoms with van der Waals surface area (Å²) in [7, 11) is 0. The van der Waals surface area contributed by atoms with Gasteiger partial charge >= 0.3 is 11.9 Å². The van der Waals surface area contributed by atoms with Crippen LogP contribution in [0.1, 0.15) is 291 Å². The van der Waals surface area contributed by atoms with Crippen LogP contribution in [0.2, 0.25) is 0 Å². The molecule has 0 atom stereocenters. The molecule has 0 radical (unpaired) electrons. The molecule has 0 rings (SSSR count). The molecule has 7 nitrogen and oxygen atoms in total. The van der Waals surface area contributed by atoms with Gasteiger partial charge in [-0.2, -0.15) is 0 Å². The van der Waals surface area contributed by atoms with Crippen molar-refractivity contribution < 1.29 is 28.9 Å². The fourth-order valence-corrected chi connectivity index (χ4v) is 8.92. The summed E-state index contributed by atoms with van der Waals surface area (Å²) in [5.41, 5.74) is -0.723. The first-order valence-corrected chi connectivity index (χ1v) is 29.0. The third kappa shape index (κ3) is 48.7. The number of unbranched alkanes of at least 4 members (excludes halogenated alkanes) is 28. The Hall–Kier alpha value is -1.70. The fraction of sp³-hybridized carbons (Fsp3) is 0.898. The average Bonchev–Trinajstić information content (AvgIpc) is 3.31. The Kier molecular flexibility index (Phi) is 51.3. The number of carbonyl (C=O) groups excluding carboxylic acids is 2. The van der Waals surface area contributed by atoms with Gasteiger partial charge in [0, 0.05) is 26.0 Å². The lowest BCUT2D eigenvalue weighted by atomic mass is 9.87. The first-order valence-electron chi connectivity index (χ1n) is 29.0. The van der Waals surface area contributed by atoms with E-state index in [1.54, 1.807) is 0 Å². The summed E-state index contributed by atoms with van der Waals surface area (Å²) in [5.74, 6) is -0.108. The van der Waals surface area contributed by atoms with Crippen LogP contribution in [0.4, 0.5) is 0 Å². The maximum absolute atomic E-state index is 12.3. The predicted molar refractivity (Wildman–Crippen MR) is 284 cm³/mol. The highest BCUT2D eigenvalue weighted by Gasteiger charge is 2.25. The molecular weight excluding hydrogens is 819 g/mol. The molecule has 66 heavy (non-hydrogen) atoms. The van der Waals surface area contributed by atoms with Gasteiger partial charge in [-0.1, -0.05) is 193 Å². The maximum atomic E-state index is 12.3. The lowest BCUT2D eigenvalue weighted by Crippen LogP contribution is -2.32. The van der Waals surface area contributed by atoms with E-state index in [1.165, 1.54) is 141 Å². The number of rotatable bonds is 54. The van der Waals surface area contributed by atoms with E-state index < -0.39 is 5.60 Å². The number of hydrogen-bond acceptors (Lipinski definition) is 7. The van der Waals surface area contributed by atoms with Gasteiger partial charge in [-0.15, -0.1) is 0 Å². The van der Waals surface area contributed by atoms with Crippen LogP contribution >= 0.6 is 0 Å². The summed E-state index contributed by atoms with van der Waals surface area (Å²) in [6, 6.07) is 0. The smallest absolute Gasteiger partial charge is 0.305 e. The maximum Gasteiger partial charge on any atom is 0.305 e. The Morgan fingerprint density at radius 1 is 0.379 bits per heavy atom. The lowest BCUT2D eigenvalue weighted by Gasteiger charge is -2.29.